The fourth-order valence-corrected chi connectivity index (χ4v) is 2.60. The molecule has 0 aliphatic rings. The molecule has 2 amide bonds. The Kier molecular flexibility index (Phi) is 6.04. The van der Waals surface area contributed by atoms with E-state index < -0.39 is 11.6 Å². The summed E-state index contributed by atoms with van der Waals surface area (Å²) in [6.45, 7) is 3.85. The van der Waals surface area contributed by atoms with Crippen molar-refractivity contribution in [3.63, 3.8) is 0 Å². The molecule has 0 aliphatic carbocycles. The highest BCUT2D eigenvalue weighted by molar-refractivity contribution is 7.80. The van der Waals surface area contributed by atoms with E-state index in [1.165, 1.54) is 0 Å². The number of carbonyl (C=O) groups is 2. The molecule has 2 rings (SSSR count). The van der Waals surface area contributed by atoms with E-state index in [0.717, 1.165) is 5.56 Å². The van der Waals surface area contributed by atoms with Crippen molar-refractivity contribution in [3.8, 4) is 0 Å². The number of hydrogen-bond acceptors (Lipinski definition) is 3. The Hall–Kier alpha value is -2.27. The maximum Gasteiger partial charge on any atom is 0.251 e. The molecule has 1 atom stereocenters. The third kappa shape index (κ3) is 4.61. The normalized spacial score (nSPS) is 12.3. The second kappa shape index (κ2) is 8.02. The second-order valence-corrected chi connectivity index (χ2v) is 6.42. The first-order valence-corrected chi connectivity index (χ1v) is 8.41. The van der Waals surface area contributed by atoms with Gasteiger partial charge < -0.3 is 10.6 Å². The summed E-state index contributed by atoms with van der Waals surface area (Å²) in [4.78, 5) is 24.8. The zero-order valence-corrected chi connectivity index (χ0v) is 14.7. The standard InChI is InChI=1S/C19H22N2O2S/c1-19(2,15-11-7-4-8-12-15)21-18(23)16(13-24)20-17(22)14-9-5-3-6-10-14/h3-12,16,24H,13H2,1-2H3,(H,20,22)(H,21,23)/t16-/m0/s1. The molecule has 5 heteroatoms. The zero-order chi connectivity index (χ0) is 17.6. The summed E-state index contributed by atoms with van der Waals surface area (Å²) >= 11 is 4.20. The molecule has 0 radical (unpaired) electrons. The second-order valence-electron chi connectivity index (χ2n) is 6.05. The quantitative estimate of drug-likeness (QED) is 0.707. The zero-order valence-electron chi connectivity index (χ0n) is 13.8. The average molecular weight is 342 g/mol. The van der Waals surface area contributed by atoms with Gasteiger partial charge in [0.15, 0.2) is 0 Å². The van der Waals surface area contributed by atoms with Gasteiger partial charge in [-0.3, -0.25) is 9.59 Å². The topological polar surface area (TPSA) is 58.2 Å². The molecule has 24 heavy (non-hydrogen) atoms. The van der Waals surface area contributed by atoms with E-state index in [9.17, 15) is 9.59 Å². The van der Waals surface area contributed by atoms with Gasteiger partial charge in [-0.25, -0.2) is 0 Å². The van der Waals surface area contributed by atoms with Crippen molar-refractivity contribution >= 4 is 24.4 Å². The fraction of sp³-hybridized carbons (Fsp3) is 0.263. The summed E-state index contributed by atoms with van der Waals surface area (Å²) in [5.41, 5.74) is 0.960. The highest BCUT2D eigenvalue weighted by Crippen LogP contribution is 2.19. The third-order valence-electron chi connectivity index (χ3n) is 3.77. The SMILES string of the molecule is CC(C)(NC(=O)[C@H](CS)NC(=O)c1ccccc1)c1ccccc1. The number of amides is 2. The van der Waals surface area contributed by atoms with E-state index in [-0.39, 0.29) is 17.6 Å². The molecule has 0 saturated carbocycles. The van der Waals surface area contributed by atoms with Crippen LogP contribution in [0.15, 0.2) is 60.7 Å². The van der Waals surface area contributed by atoms with Crippen molar-refractivity contribution in [1.29, 1.82) is 0 Å². The van der Waals surface area contributed by atoms with E-state index in [2.05, 4.69) is 23.3 Å². The van der Waals surface area contributed by atoms with E-state index in [4.69, 9.17) is 0 Å². The molecule has 0 bridgehead atoms. The number of rotatable bonds is 6. The van der Waals surface area contributed by atoms with Crippen LogP contribution in [0.1, 0.15) is 29.8 Å². The predicted molar refractivity (Wildman–Crippen MR) is 99.2 cm³/mol. The van der Waals surface area contributed by atoms with E-state index in [1.807, 2.05) is 50.2 Å². The van der Waals surface area contributed by atoms with Gasteiger partial charge in [-0.05, 0) is 31.5 Å². The van der Waals surface area contributed by atoms with Gasteiger partial charge in [0.2, 0.25) is 5.91 Å². The molecule has 0 saturated heterocycles. The lowest BCUT2D eigenvalue weighted by Crippen LogP contribution is -2.52. The minimum Gasteiger partial charge on any atom is -0.345 e. The summed E-state index contributed by atoms with van der Waals surface area (Å²) < 4.78 is 0. The highest BCUT2D eigenvalue weighted by atomic mass is 32.1. The lowest BCUT2D eigenvalue weighted by atomic mass is 9.94. The van der Waals surface area contributed by atoms with Crippen LogP contribution in [-0.4, -0.2) is 23.6 Å². The van der Waals surface area contributed by atoms with Crippen LogP contribution in [0.25, 0.3) is 0 Å². The smallest absolute Gasteiger partial charge is 0.251 e. The minimum absolute atomic E-state index is 0.218. The summed E-state index contributed by atoms with van der Waals surface area (Å²) in [6.07, 6.45) is 0. The van der Waals surface area contributed by atoms with Crippen molar-refractivity contribution in [1.82, 2.24) is 10.6 Å². The summed E-state index contributed by atoms with van der Waals surface area (Å²) in [5.74, 6) is -0.333. The van der Waals surface area contributed by atoms with Crippen LogP contribution >= 0.6 is 12.6 Å². The van der Waals surface area contributed by atoms with Gasteiger partial charge >= 0.3 is 0 Å². The molecule has 126 valence electrons. The lowest BCUT2D eigenvalue weighted by molar-refractivity contribution is -0.124. The van der Waals surface area contributed by atoms with Gasteiger partial charge in [-0.1, -0.05) is 48.5 Å². The monoisotopic (exact) mass is 342 g/mol. The highest BCUT2D eigenvalue weighted by Gasteiger charge is 2.27. The van der Waals surface area contributed by atoms with Crippen LogP contribution in [0.4, 0.5) is 0 Å². The number of thiol groups is 1. The molecule has 0 spiro atoms. The third-order valence-corrected chi connectivity index (χ3v) is 4.14. The van der Waals surface area contributed by atoms with Crippen molar-refractivity contribution in [2.24, 2.45) is 0 Å². The first-order chi connectivity index (χ1) is 11.4. The number of benzene rings is 2. The Morgan fingerprint density at radius 2 is 1.54 bits per heavy atom. The molecule has 0 fully saturated rings. The number of carbonyl (C=O) groups excluding carboxylic acids is 2. The Labute approximate surface area is 148 Å². The Balaban J connectivity index is 2.05. The molecule has 2 aromatic rings. The molecule has 4 nitrogen and oxygen atoms in total. The Morgan fingerprint density at radius 1 is 1.00 bits per heavy atom. The van der Waals surface area contributed by atoms with Gasteiger partial charge in [-0.15, -0.1) is 0 Å². The molecular formula is C19H22N2O2S. The van der Waals surface area contributed by atoms with Crippen molar-refractivity contribution in [2.75, 3.05) is 5.75 Å². The Bertz CT molecular complexity index is 687. The molecule has 2 aromatic carbocycles. The fourth-order valence-electron chi connectivity index (χ4n) is 2.35. The van der Waals surface area contributed by atoms with Crippen molar-refractivity contribution in [3.05, 3.63) is 71.8 Å². The minimum atomic E-state index is -0.705. The largest absolute Gasteiger partial charge is 0.345 e. The molecule has 0 heterocycles. The molecule has 2 N–H and O–H groups in total. The van der Waals surface area contributed by atoms with Crippen LogP contribution in [0.5, 0.6) is 0 Å². The maximum atomic E-state index is 12.6. The summed E-state index contributed by atoms with van der Waals surface area (Å²) in [6, 6.07) is 17.8. The molecule has 0 aromatic heterocycles. The molecule has 0 aliphatic heterocycles. The average Bonchev–Trinajstić information content (AvgIpc) is 2.60. The lowest BCUT2D eigenvalue weighted by Gasteiger charge is -2.29. The first-order valence-electron chi connectivity index (χ1n) is 7.78. The van der Waals surface area contributed by atoms with E-state index >= 15 is 0 Å². The van der Waals surface area contributed by atoms with Gasteiger partial charge in [0.05, 0.1) is 5.54 Å². The van der Waals surface area contributed by atoms with Gasteiger partial charge in [-0.2, -0.15) is 12.6 Å². The van der Waals surface area contributed by atoms with Crippen molar-refractivity contribution < 1.29 is 9.59 Å². The predicted octanol–water partition coefficient (Wildman–Crippen LogP) is 2.77. The van der Waals surface area contributed by atoms with Crippen LogP contribution in [0.2, 0.25) is 0 Å². The first kappa shape index (κ1) is 18.1. The summed E-state index contributed by atoms with van der Waals surface area (Å²) in [5, 5.41) is 5.71. The van der Waals surface area contributed by atoms with Crippen molar-refractivity contribution in [2.45, 2.75) is 25.4 Å². The van der Waals surface area contributed by atoms with Crippen LogP contribution in [-0.2, 0) is 10.3 Å². The van der Waals surface area contributed by atoms with Crippen LogP contribution in [0.3, 0.4) is 0 Å². The van der Waals surface area contributed by atoms with Gasteiger partial charge in [0.1, 0.15) is 6.04 Å². The molecular weight excluding hydrogens is 320 g/mol. The Morgan fingerprint density at radius 3 is 2.08 bits per heavy atom. The number of nitrogens with one attached hydrogen (secondary N) is 2. The van der Waals surface area contributed by atoms with Crippen LogP contribution < -0.4 is 10.6 Å². The summed E-state index contributed by atoms with van der Waals surface area (Å²) in [7, 11) is 0. The van der Waals surface area contributed by atoms with E-state index in [1.54, 1.807) is 24.3 Å². The van der Waals surface area contributed by atoms with Crippen LogP contribution in [0, 0.1) is 0 Å². The van der Waals surface area contributed by atoms with Gasteiger partial charge in [0, 0.05) is 11.3 Å². The van der Waals surface area contributed by atoms with E-state index in [0.29, 0.717) is 5.56 Å². The number of hydrogen-bond donors (Lipinski definition) is 3. The molecule has 0 unspecified atom stereocenters. The maximum absolute atomic E-state index is 12.6. The van der Waals surface area contributed by atoms with Gasteiger partial charge in [0.25, 0.3) is 5.91 Å².